The number of alkyl halides is 4. The minimum Gasteiger partial charge on any atom is -0.406 e. The van der Waals surface area contributed by atoms with Crippen LogP contribution in [0.1, 0.15) is 31.7 Å². The van der Waals surface area contributed by atoms with Crippen molar-refractivity contribution in [3.05, 3.63) is 29.8 Å². The second-order valence-corrected chi connectivity index (χ2v) is 6.77. The summed E-state index contributed by atoms with van der Waals surface area (Å²) in [6.45, 7) is 2.26. The van der Waals surface area contributed by atoms with Gasteiger partial charge in [-0.2, -0.15) is 0 Å². The summed E-state index contributed by atoms with van der Waals surface area (Å²) in [4.78, 5) is 0.504. The molecule has 5 heteroatoms. The summed E-state index contributed by atoms with van der Waals surface area (Å²) in [5.41, 5.74) is 1.06. The van der Waals surface area contributed by atoms with Gasteiger partial charge >= 0.3 is 6.36 Å². The molecule has 0 aromatic heterocycles. The van der Waals surface area contributed by atoms with E-state index in [1.54, 1.807) is 12.1 Å². The molecule has 3 atom stereocenters. The molecule has 3 unspecified atom stereocenters. The first-order valence-electron chi connectivity index (χ1n) is 6.82. The molecular formula is C15H18BrF3O. The van der Waals surface area contributed by atoms with Crippen LogP contribution in [0.5, 0.6) is 5.75 Å². The van der Waals surface area contributed by atoms with E-state index in [9.17, 15) is 13.2 Å². The van der Waals surface area contributed by atoms with E-state index < -0.39 is 6.36 Å². The molecule has 0 radical (unpaired) electrons. The van der Waals surface area contributed by atoms with E-state index in [1.807, 2.05) is 0 Å². The SMILES string of the molecule is CC1CCC(Br)C(Cc2ccc(OC(F)(F)F)cc2)C1. The molecule has 0 amide bonds. The molecule has 0 bridgehead atoms. The number of hydrogen-bond donors (Lipinski definition) is 0. The molecule has 0 aliphatic heterocycles. The van der Waals surface area contributed by atoms with Crippen LogP contribution >= 0.6 is 15.9 Å². The van der Waals surface area contributed by atoms with Gasteiger partial charge in [0.1, 0.15) is 5.75 Å². The Hall–Kier alpha value is -0.710. The van der Waals surface area contributed by atoms with Crippen LogP contribution in [0.4, 0.5) is 13.2 Å². The van der Waals surface area contributed by atoms with Gasteiger partial charge in [-0.1, -0.05) is 35.0 Å². The zero-order valence-corrected chi connectivity index (χ0v) is 12.9. The van der Waals surface area contributed by atoms with Crippen LogP contribution in [-0.4, -0.2) is 11.2 Å². The van der Waals surface area contributed by atoms with E-state index in [-0.39, 0.29) is 5.75 Å². The van der Waals surface area contributed by atoms with E-state index >= 15 is 0 Å². The Balaban J connectivity index is 1.96. The molecule has 1 saturated carbocycles. The van der Waals surface area contributed by atoms with E-state index in [0.717, 1.165) is 24.3 Å². The molecule has 0 heterocycles. The van der Waals surface area contributed by atoms with Crippen molar-refractivity contribution in [2.24, 2.45) is 11.8 Å². The van der Waals surface area contributed by atoms with Crippen molar-refractivity contribution in [3.8, 4) is 5.75 Å². The quantitative estimate of drug-likeness (QED) is 0.669. The number of halogens is 4. The van der Waals surface area contributed by atoms with Crippen LogP contribution in [0.3, 0.4) is 0 Å². The Labute approximate surface area is 125 Å². The maximum Gasteiger partial charge on any atom is 0.573 e. The fraction of sp³-hybridized carbons (Fsp3) is 0.600. The minimum atomic E-state index is -4.62. The summed E-state index contributed by atoms with van der Waals surface area (Å²) in [6.07, 6.45) is -0.156. The average Bonchev–Trinajstić information content (AvgIpc) is 2.34. The monoisotopic (exact) mass is 350 g/mol. The fourth-order valence-corrected chi connectivity index (χ4v) is 3.47. The third kappa shape index (κ3) is 4.69. The molecule has 1 aromatic carbocycles. The van der Waals surface area contributed by atoms with Crippen molar-refractivity contribution in [2.75, 3.05) is 0 Å². The Morgan fingerprint density at radius 1 is 1.20 bits per heavy atom. The van der Waals surface area contributed by atoms with Crippen molar-refractivity contribution < 1.29 is 17.9 Å². The van der Waals surface area contributed by atoms with E-state index in [0.29, 0.717) is 10.7 Å². The number of ether oxygens (including phenoxy) is 1. The number of benzene rings is 1. The third-order valence-corrected chi connectivity index (χ3v) is 5.01. The van der Waals surface area contributed by atoms with Crippen molar-refractivity contribution in [1.82, 2.24) is 0 Å². The summed E-state index contributed by atoms with van der Waals surface area (Å²) in [7, 11) is 0. The Morgan fingerprint density at radius 2 is 1.85 bits per heavy atom. The first-order chi connectivity index (χ1) is 9.33. The van der Waals surface area contributed by atoms with E-state index in [2.05, 4.69) is 27.6 Å². The zero-order chi connectivity index (χ0) is 14.8. The van der Waals surface area contributed by atoms with Crippen LogP contribution in [0.25, 0.3) is 0 Å². The van der Waals surface area contributed by atoms with Crippen molar-refractivity contribution in [1.29, 1.82) is 0 Å². The van der Waals surface area contributed by atoms with Gasteiger partial charge in [-0.15, -0.1) is 13.2 Å². The Morgan fingerprint density at radius 3 is 2.45 bits per heavy atom. The van der Waals surface area contributed by atoms with Gasteiger partial charge < -0.3 is 4.74 Å². The zero-order valence-electron chi connectivity index (χ0n) is 11.3. The van der Waals surface area contributed by atoms with Gasteiger partial charge in [0.05, 0.1) is 0 Å². The molecule has 1 nitrogen and oxygen atoms in total. The standard InChI is InChI=1S/C15H18BrF3O/c1-10-2-7-14(16)12(8-10)9-11-3-5-13(6-4-11)20-15(17,18)19/h3-6,10,12,14H,2,7-9H2,1H3. The molecule has 112 valence electrons. The maximum absolute atomic E-state index is 12.1. The van der Waals surface area contributed by atoms with Gasteiger partial charge in [-0.25, -0.2) is 0 Å². The van der Waals surface area contributed by atoms with Gasteiger partial charge in [0.15, 0.2) is 0 Å². The largest absolute Gasteiger partial charge is 0.573 e. The van der Waals surface area contributed by atoms with Crippen molar-refractivity contribution in [2.45, 2.75) is 43.8 Å². The van der Waals surface area contributed by atoms with Crippen LogP contribution in [-0.2, 0) is 6.42 Å². The van der Waals surface area contributed by atoms with E-state index in [1.165, 1.54) is 25.0 Å². The molecule has 0 N–H and O–H groups in total. The summed E-state index contributed by atoms with van der Waals surface area (Å²) in [5, 5.41) is 0. The van der Waals surface area contributed by atoms with Gasteiger partial charge in [-0.05, 0) is 55.2 Å². The molecule has 0 saturated heterocycles. The van der Waals surface area contributed by atoms with Crippen LogP contribution in [0.2, 0.25) is 0 Å². The Kier molecular flexibility index (Phi) is 4.99. The predicted molar refractivity (Wildman–Crippen MR) is 76.0 cm³/mol. The summed E-state index contributed by atoms with van der Waals surface area (Å²) in [6, 6.07) is 6.22. The van der Waals surface area contributed by atoms with E-state index in [4.69, 9.17) is 0 Å². The summed E-state index contributed by atoms with van der Waals surface area (Å²) in [5.74, 6) is 1.11. The molecule has 0 spiro atoms. The van der Waals surface area contributed by atoms with Crippen LogP contribution in [0.15, 0.2) is 24.3 Å². The van der Waals surface area contributed by atoms with Crippen LogP contribution < -0.4 is 4.74 Å². The van der Waals surface area contributed by atoms with Crippen molar-refractivity contribution in [3.63, 3.8) is 0 Å². The third-order valence-electron chi connectivity index (χ3n) is 3.81. The predicted octanol–water partition coefficient (Wildman–Crippen LogP) is 5.33. The van der Waals surface area contributed by atoms with Gasteiger partial charge in [0, 0.05) is 4.83 Å². The number of rotatable bonds is 3. The topological polar surface area (TPSA) is 9.23 Å². The lowest BCUT2D eigenvalue weighted by Gasteiger charge is -2.31. The number of hydrogen-bond acceptors (Lipinski definition) is 1. The second-order valence-electron chi connectivity index (χ2n) is 5.59. The van der Waals surface area contributed by atoms with Crippen molar-refractivity contribution >= 4 is 15.9 Å². The first-order valence-corrected chi connectivity index (χ1v) is 7.74. The highest BCUT2D eigenvalue weighted by molar-refractivity contribution is 9.09. The highest BCUT2D eigenvalue weighted by Crippen LogP contribution is 2.35. The smallest absolute Gasteiger partial charge is 0.406 e. The normalized spacial score (nSPS) is 27.4. The maximum atomic E-state index is 12.1. The lowest BCUT2D eigenvalue weighted by Crippen LogP contribution is -2.25. The average molecular weight is 351 g/mol. The summed E-state index contributed by atoms with van der Waals surface area (Å²) < 4.78 is 40.1. The molecule has 20 heavy (non-hydrogen) atoms. The molecule has 1 aliphatic rings. The highest BCUT2D eigenvalue weighted by Gasteiger charge is 2.31. The van der Waals surface area contributed by atoms with Gasteiger partial charge in [-0.3, -0.25) is 0 Å². The van der Waals surface area contributed by atoms with Gasteiger partial charge in [0.25, 0.3) is 0 Å². The highest BCUT2D eigenvalue weighted by atomic mass is 79.9. The lowest BCUT2D eigenvalue weighted by molar-refractivity contribution is -0.274. The lowest BCUT2D eigenvalue weighted by atomic mass is 9.79. The van der Waals surface area contributed by atoms with Gasteiger partial charge in [0.2, 0.25) is 0 Å². The first kappa shape index (κ1) is 15.7. The molecular weight excluding hydrogens is 333 g/mol. The second kappa shape index (κ2) is 6.37. The molecule has 1 fully saturated rings. The summed E-state index contributed by atoms with van der Waals surface area (Å²) >= 11 is 3.72. The minimum absolute atomic E-state index is 0.159. The molecule has 1 aromatic rings. The van der Waals surface area contributed by atoms with Crippen LogP contribution in [0, 0.1) is 11.8 Å². The molecule has 2 rings (SSSR count). The Bertz CT molecular complexity index is 430. The fourth-order valence-electron chi connectivity index (χ4n) is 2.80. The molecule has 1 aliphatic carbocycles.